The van der Waals surface area contributed by atoms with Gasteiger partial charge in [0, 0.05) is 32.3 Å². The topological polar surface area (TPSA) is 47.3 Å². The molecule has 0 aliphatic rings. The molecule has 0 aromatic rings. The maximum absolute atomic E-state index is 6.18. The maximum atomic E-state index is 6.18. The molecule has 0 atom stereocenters. The van der Waals surface area contributed by atoms with Crippen LogP contribution >= 0.6 is 0 Å². The second-order valence-electron chi connectivity index (χ2n) is 7.12. The van der Waals surface area contributed by atoms with E-state index in [4.69, 9.17) is 10.5 Å². The summed E-state index contributed by atoms with van der Waals surface area (Å²) in [5, 5.41) is 3.55. The molecule has 0 aromatic carbocycles. The number of ether oxygens (including phenoxy) is 1. The van der Waals surface area contributed by atoms with Crippen LogP contribution in [0.2, 0.25) is 0 Å². The lowest BCUT2D eigenvalue weighted by Crippen LogP contribution is -2.53. The van der Waals surface area contributed by atoms with Crippen molar-refractivity contribution in [1.29, 1.82) is 0 Å². The Bertz CT molecular complexity index is 217. The second kappa shape index (κ2) is 6.17. The third-order valence-corrected chi connectivity index (χ3v) is 3.90. The Kier molecular flexibility index (Phi) is 6.12. The largest absolute Gasteiger partial charge is 0.385 e. The molecule has 0 aromatic heterocycles. The van der Waals surface area contributed by atoms with E-state index in [2.05, 4.69) is 46.9 Å². The molecule has 0 saturated heterocycles. The molecule has 0 rings (SSSR count). The first-order chi connectivity index (χ1) is 7.52. The smallest absolute Gasteiger partial charge is 0.0467 e. The highest BCUT2D eigenvalue weighted by Crippen LogP contribution is 2.27. The van der Waals surface area contributed by atoms with Crippen LogP contribution in [-0.2, 0) is 4.74 Å². The Morgan fingerprint density at radius 3 is 1.94 bits per heavy atom. The van der Waals surface area contributed by atoms with E-state index in [0.29, 0.717) is 0 Å². The molecular weight excluding hydrogens is 212 g/mol. The van der Waals surface area contributed by atoms with Crippen LogP contribution in [0, 0.1) is 10.8 Å². The first-order valence-corrected chi connectivity index (χ1v) is 6.50. The third kappa shape index (κ3) is 6.39. The van der Waals surface area contributed by atoms with Gasteiger partial charge in [0.1, 0.15) is 0 Å². The van der Waals surface area contributed by atoms with E-state index in [1.165, 1.54) is 0 Å². The number of methoxy groups -OCH3 is 1. The van der Waals surface area contributed by atoms with Crippen molar-refractivity contribution in [3.05, 3.63) is 0 Å². The molecule has 0 spiro atoms. The Morgan fingerprint density at radius 1 is 1.00 bits per heavy atom. The van der Waals surface area contributed by atoms with E-state index in [-0.39, 0.29) is 16.4 Å². The molecule has 0 fully saturated rings. The summed E-state index contributed by atoms with van der Waals surface area (Å²) in [6, 6.07) is 0. The first-order valence-electron chi connectivity index (χ1n) is 6.50. The Morgan fingerprint density at radius 2 is 1.53 bits per heavy atom. The zero-order chi connectivity index (χ0) is 13.7. The molecule has 3 N–H and O–H groups in total. The molecular formula is C14H32N2O. The van der Waals surface area contributed by atoms with E-state index in [1.54, 1.807) is 7.11 Å². The standard InChI is InChI=1S/C14H32N2O/c1-12(2,8-9-17-7)10-16-11-13(3,4)14(5,6)15/h16H,8-11,15H2,1-7H3. The van der Waals surface area contributed by atoms with E-state index in [1.807, 2.05) is 0 Å². The van der Waals surface area contributed by atoms with Crippen molar-refractivity contribution < 1.29 is 4.74 Å². The van der Waals surface area contributed by atoms with Crippen LogP contribution in [0.4, 0.5) is 0 Å². The molecule has 0 aliphatic heterocycles. The summed E-state index contributed by atoms with van der Waals surface area (Å²) in [6.07, 6.45) is 1.07. The fourth-order valence-corrected chi connectivity index (χ4v) is 1.41. The van der Waals surface area contributed by atoms with Crippen LogP contribution in [0.1, 0.15) is 48.0 Å². The number of rotatable bonds is 8. The van der Waals surface area contributed by atoms with Crippen molar-refractivity contribution in [2.45, 2.75) is 53.5 Å². The van der Waals surface area contributed by atoms with Crippen LogP contribution in [0.3, 0.4) is 0 Å². The van der Waals surface area contributed by atoms with Gasteiger partial charge in [-0.1, -0.05) is 27.7 Å². The average Bonchev–Trinajstić information content (AvgIpc) is 2.12. The summed E-state index contributed by atoms with van der Waals surface area (Å²) in [6.45, 7) is 15.9. The molecule has 0 heterocycles. The van der Waals surface area contributed by atoms with Crippen LogP contribution in [0.5, 0.6) is 0 Å². The number of nitrogens with two attached hydrogens (primary N) is 1. The molecule has 0 unspecified atom stereocenters. The van der Waals surface area contributed by atoms with Crippen LogP contribution < -0.4 is 11.1 Å². The van der Waals surface area contributed by atoms with Crippen molar-refractivity contribution in [3.63, 3.8) is 0 Å². The predicted octanol–water partition coefficient (Wildman–Crippen LogP) is 2.40. The quantitative estimate of drug-likeness (QED) is 0.689. The summed E-state index contributed by atoms with van der Waals surface area (Å²) >= 11 is 0. The second-order valence-corrected chi connectivity index (χ2v) is 7.12. The van der Waals surface area contributed by atoms with Gasteiger partial charge in [-0.05, 0) is 31.1 Å². The molecule has 3 nitrogen and oxygen atoms in total. The van der Waals surface area contributed by atoms with Gasteiger partial charge in [0.15, 0.2) is 0 Å². The van der Waals surface area contributed by atoms with Crippen molar-refractivity contribution >= 4 is 0 Å². The average molecular weight is 244 g/mol. The molecule has 0 amide bonds. The van der Waals surface area contributed by atoms with E-state index >= 15 is 0 Å². The lowest BCUT2D eigenvalue weighted by atomic mass is 9.75. The summed E-state index contributed by atoms with van der Waals surface area (Å²) in [5.74, 6) is 0. The van der Waals surface area contributed by atoms with Gasteiger partial charge in [0.2, 0.25) is 0 Å². The molecule has 0 bridgehead atoms. The van der Waals surface area contributed by atoms with E-state index < -0.39 is 0 Å². The Labute approximate surface area is 107 Å². The Balaban J connectivity index is 4.06. The third-order valence-electron chi connectivity index (χ3n) is 3.90. The van der Waals surface area contributed by atoms with Crippen molar-refractivity contribution in [2.75, 3.05) is 26.8 Å². The minimum absolute atomic E-state index is 0.0876. The zero-order valence-corrected chi connectivity index (χ0v) is 12.8. The van der Waals surface area contributed by atoms with Gasteiger partial charge in [0.05, 0.1) is 0 Å². The molecule has 0 radical (unpaired) electrons. The molecule has 104 valence electrons. The number of nitrogens with one attached hydrogen (secondary N) is 1. The minimum Gasteiger partial charge on any atom is -0.385 e. The number of hydrogen-bond donors (Lipinski definition) is 2. The highest BCUT2D eigenvalue weighted by molar-refractivity contribution is 4.91. The van der Waals surface area contributed by atoms with Crippen molar-refractivity contribution in [2.24, 2.45) is 16.6 Å². The van der Waals surface area contributed by atoms with Crippen LogP contribution in [-0.4, -0.2) is 32.3 Å². The lowest BCUT2D eigenvalue weighted by molar-refractivity contribution is 0.142. The van der Waals surface area contributed by atoms with Crippen LogP contribution in [0.15, 0.2) is 0 Å². The molecule has 3 heteroatoms. The zero-order valence-electron chi connectivity index (χ0n) is 12.8. The van der Waals surface area contributed by atoms with Crippen LogP contribution in [0.25, 0.3) is 0 Å². The first kappa shape index (κ1) is 16.9. The van der Waals surface area contributed by atoms with Gasteiger partial charge in [-0.3, -0.25) is 0 Å². The fraction of sp³-hybridized carbons (Fsp3) is 1.00. The summed E-state index contributed by atoms with van der Waals surface area (Å²) in [7, 11) is 1.75. The molecule has 0 saturated carbocycles. The predicted molar refractivity (Wildman–Crippen MR) is 75.2 cm³/mol. The SMILES string of the molecule is COCCC(C)(C)CNCC(C)(C)C(C)(C)N. The highest BCUT2D eigenvalue weighted by Gasteiger charge is 2.33. The monoisotopic (exact) mass is 244 g/mol. The fourth-order valence-electron chi connectivity index (χ4n) is 1.41. The molecule has 17 heavy (non-hydrogen) atoms. The summed E-state index contributed by atoms with van der Waals surface area (Å²) < 4.78 is 5.13. The highest BCUT2D eigenvalue weighted by atomic mass is 16.5. The summed E-state index contributed by atoms with van der Waals surface area (Å²) in [5.41, 5.74) is 6.37. The lowest BCUT2D eigenvalue weighted by Gasteiger charge is -2.39. The van der Waals surface area contributed by atoms with E-state index in [9.17, 15) is 0 Å². The molecule has 0 aliphatic carbocycles. The Hall–Kier alpha value is -0.120. The maximum Gasteiger partial charge on any atom is 0.0467 e. The van der Waals surface area contributed by atoms with Gasteiger partial charge in [-0.2, -0.15) is 0 Å². The summed E-state index contributed by atoms with van der Waals surface area (Å²) in [4.78, 5) is 0. The van der Waals surface area contributed by atoms with E-state index in [0.717, 1.165) is 26.1 Å². The number of hydrogen-bond acceptors (Lipinski definition) is 3. The minimum atomic E-state index is -0.170. The van der Waals surface area contributed by atoms with Gasteiger partial charge in [-0.25, -0.2) is 0 Å². The van der Waals surface area contributed by atoms with Gasteiger partial charge in [-0.15, -0.1) is 0 Å². The van der Waals surface area contributed by atoms with Gasteiger partial charge >= 0.3 is 0 Å². The normalized spacial score (nSPS) is 14.1. The van der Waals surface area contributed by atoms with Gasteiger partial charge < -0.3 is 15.8 Å². The van der Waals surface area contributed by atoms with Crippen molar-refractivity contribution in [1.82, 2.24) is 5.32 Å². The van der Waals surface area contributed by atoms with Gasteiger partial charge in [0.25, 0.3) is 0 Å². The van der Waals surface area contributed by atoms with Crippen molar-refractivity contribution in [3.8, 4) is 0 Å².